The smallest absolute Gasteiger partial charge is 0.276 e. The molecule has 0 N–H and O–H groups in total. The Bertz CT molecular complexity index is 647. The van der Waals surface area contributed by atoms with Crippen molar-refractivity contribution in [3.05, 3.63) is 5.89 Å². The van der Waals surface area contributed by atoms with Gasteiger partial charge in [0.25, 0.3) is 5.22 Å². The molecule has 0 aliphatic carbocycles. The van der Waals surface area contributed by atoms with Crippen LogP contribution in [-0.4, -0.2) is 73.1 Å². The quantitative estimate of drug-likeness (QED) is 0.690. The number of hydrogen-bond acceptors (Lipinski definition) is 8. The van der Waals surface area contributed by atoms with E-state index in [1.165, 1.54) is 11.8 Å². The third kappa shape index (κ3) is 4.93. The molecule has 0 bridgehead atoms. The molecule has 2 aliphatic rings. The van der Waals surface area contributed by atoms with Crippen LogP contribution in [0.2, 0.25) is 0 Å². The van der Waals surface area contributed by atoms with E-state index in [1.54, 1.807) is 0 Å². The molecular weight excluding hydrogens is 350 g/mol. The van der Waals surface area contributed by atoms with Gasteiger partial charge in [-0.3, -0.25) is 4.90 Å². The molecule has 0 unspecified atom stereocenters. The Labute approximate surface area is 147 Å². The molecule has 0 aromatic carbocycles. The first-order chi connectivity index (χ1) is 11.4. The molecule has 3 rings (SSSR count). The maximum atomic E-state index is 11.5. The number of ether oxygens (including phenoxy) is 1. The second kappa shape index (κ2) is 7.72. The first-order valence-electron chi connectivity index (χ1n) is 8.42. The van der Waals surface area contributed by atoms with Crippen LogP contribution < -0.4 is 0 Å². The van der Waals surface area contributed by atoms with Gasteiger partial charge in [-0.05, 0) is 12.3 Å². The highest BCUT2D eigenvalue weighted by molar-refractivity contribution is 7.99. The summed E-state index contributed by atoms with van der Waals surface area (Å²) in [5, 5.41) is 8.57. The van der Waals surface area contributed by atoms with Gasteiger partial charge in [-0.15, -0.1) is 10.2 Å². The number of aromatic nitrogens is 2. The minimum absolute atomic E-state index is 0.120. The number of thioether (sulfide) groups is 1. The van der Waals surface area contributed by atoms with Crippen LogP contribution in [0.4, 0.5) is 0 Å². The molecular formula is C15H25N3O4S2. The van der Waals surface area contributed by atoms with Crippen LogP contribution in [0.3, 0.4) is 0 Å². The molecule has 2 saturated heterocycles. The van der Waals surface area contributed by atoms with E-state index in [0.717, 1.165) is 32.0 Å². The summed E-state index contributed by atoms with van der Waals surface area (Å²) in [4.78, 5) is 2.43. The Morgan fingerprint density at radius 2 is 2.21 bits per heavy atom. The Kier molecular flexibility index (Phi) is 5.84. The Hall–Kier alpha value is -0.640. The van der Waals surface area contributed by atoms with Crippen molar-refractivity contribution in [2.45, 2.75) is 37.5 Å². The molecule has 2 aliphatic heterocycles. The summed E-state index contributed by atoms with van der Waals surface area (Å²) in [6.45, 7) is 8.20. The zero-order valence-electron chi connectivity index (χ0n) is 14.2. The van der Waals surface area contributed by atoms with Gasteiger partial charge in [-0.1, -0.05) is 25.6 Å². The second-order valence-corrected chi connectivity index (χ2v) is 10.2. The van der Waals surface area contributed by atoms with E-state index in [2.05, 4.69) is 28.9 Å². The third-order valence-electron chi connectivity index (χ3n) is 4.24. The van der Waals surface area contributed by atoms with Gasteiger partial charge in [0, 0.05) is 25.4 Å². The van der Waals surface area contributed by atoms with Crippen LogP contribution in [0, 0.1) is 5.92 Å². The monoisotopic (exact) mass is 375 g/mol. The van der Waals surface area contributed by atoms with Crippen molar-refractivity contribution in [1.82, 2.24) is 15.1 Å². The molecule has 0 amide bonds. The maximum absolute atomic E-state index is 11.5. The van der Waals surface area contributed by atoms with Crippen molar-refractivity contribution in [3.8, 4) is 0 Å². The summed E-state index contributed by atoms with van der Waals surface area (Å²) in [6.07, 6.45) is 0.731. The molecule has 2 atom stereocenters. The minimum atomic E-state index is -2.94. The Morgan fingerprint density at radius 3 is 2.92 bits per heavy atom. The molecule has 9 heteroatoms. The number of nitrogens with zero attached hydrogens (tertiary/aromatic N) is 3. The maximum Gasteiger partial charge on any atom is 0.276 e. The van der Waals surface area contributed by atoms with E-state index in [1.807, 2.05) is 0 Å². The molecule has 3 heterocycles. The van der Waals surface area contributed by atoms with Crippen molar-refractivity contribution < 1.29 is 17.6 Å². The highest BCUT2D eigenvalue weighted by Crippen LogP contribution is 2.30. The summed E-state index contributed by atoms with van der Waals surface area (Å²) in [5.41, 5.74) is 0. The Morgan fingerprint density at radius 1 is 1.38 bits per heavy atom. The van der Waals surface area contributed by atoms with Crippen molar-refractivity contribution >= 4 is 21.6 Å². The van der Waals surface area contributed by atoms with Crippen molar-refractivity contribution in [3.63, 3.8) is 0 Å². The van der Waals surface area contributed by atoms with Gasteiger partial charge < -0.3 is 9.15 Å². The third-order valence-corrected chi connectivity index (χ3v) is 6.96. The van der Waals surface area contributed by atoms with E-state index in [-0.39, 0.29) is 23.5 Å². The fourth-order valence-electron chi connectivity index (χ4n) is 3.16. The molecule has 1 aromatic heterocycles. The van der Waals surface area contributed by atoms with Gasteiger partial charge in [0.2, 0.25) is 5.89 Å². The second-order valence-electron chi connectivity index (χ2n) is 6.96. The molecule has 0 radical (unpaired) electrons. The lowest BCUT2D eigenvalue weighted by Crippen LogP contribution is -2.44. The zero-order chi connectivity index (χ0) is 17.2. The number of sulfone groups is 1. The minimum Gasteiger partial charge on any atom is -0.416 e. The average Bonchev–Trinajstić information content (AvgIpc) is 3.11. The van der Waals surface area contributed by atoms with Crippen LogP contribution in [0.5, 0.6) is 0 Å². The van der Waals surface area contributed by atoms with Crippen molar-refractivity contribution in [2.75, 3.05) is 43.5 Å². The van der Waals surface area contributed by atoms with Gasteiger partial charge in [-0.2, -0.15) is 0 Å². The van der Waals surface area contributed by atoms with Crippen LogP contribution in [-0.2, 0) is 14.6 Å². The number of morpholine rings is 1. The van der Waals surface area contributed by atoms with Gasteiger partial charge >= 0.3 is 0 Å². The first kappa shape index (κ1) is 18.2. The van der Waals surface area contributed by atoms with E-state index < -0.39 is 9.84 Å². The fraction of sp³-hybridized carbons (Fsp3) is 0.867. The zero-order valence-corrected chi connectivity index (χ0v) is 15.8. The van der Waals surface area contributed by atoms with Crippen LogP contribution in [0.25, 0.3) is 0 Å². The van der Waals surface area contributed by atoms with E-state index >= 15 is 0 Å². The highest BCUT2D eigenvalue weighted by atomic mass is 32.2. The van der Waals surface area contributed by atoms with Crippen LogP contribution in [0.15, 0.2) is 9.64 Å². The summed E-state index contributed by atoms with van der Waals surface area (Å²) < 4.78 is 34.6. The molecule has 136 valence electrons. The van der Waals surface area contributed by atoms with Gasteiger partial charge in [0.1, 0.15) is 0 Å². The van der Waals surface area contributed by atoms with E-state index in [9.17, 15) is 8.42 Å². The van der Waals surface area contributed by atoms with Crippen LogP contribution in [0.1, 0.15) is 32.1 Å². The lowest BCUT2D eigenvalue weighted by molar-refractivity contribution is -0.0192. The van der Waals surface area contributed by atoms with Crippen LogP contribution >= 0.6 is 11.8 Å². The lowest BCUT2D eigenvalue weighted by Gasteiger charge is -2.33. The SMILES string of the molecule is CC(C)CN1CCO[C@H](CSc2nnc([C@@H]3CCS(=O)(=O)C3)o2)C1. The standard InChI is InChI=1S/C15H25N3O4S2/c1-11(2)7-18-4-5-21-13(8-18)9-23-15-17-16-14(22-15)12-3-6-24(19,20)10-12/h11-13H,3-10H2,1-2H3/t12-,13+/m1/s1. The van der Waals surface area contributed by atoms with Gasteiger partial charge in [0.05, 0.1) is 30.1 Å². The molecule has 2 fully saturated rings. The average molecular weight is 376 g/mol. The molecule has 0 spiro atoms. The highest BCUT2D eigenvalue weighted by Gasteiger charge is 2.33. The normalized spacial score (nSPS) is 27.8. The lowest BCUT2D eigenvalue weighted by atomic mass is 10.1. The Balaban J connectivity index is 1.49. The van der Waals surface area contributed by atoms with Crippen molar-refractivity contribution in [1.29, 1.82) is 0 Å². The van der Waals surface area contributed by atoms with Gasteiger partial charge in [0.15, 0.2) is 9.84 Å². The van der Waals surface area contributed by atoms with E-state index in [0.29, 0.717) is 23.5 Å². The predicted octanol–water partition coefficient (Wildman–Crippen LogP) is 1.42. The topological polar surface area (TPSA) is 85.5 Å². The summed E-state index contributed by atoms with van der Waals surface area (Å²) in [6, 6.07) is 0. The molecule has 24 heavy (non-hydrogen) atoms. The molecule has 0 saturated carbocycles. The molecule has 1 aromatic rings. The summed E-state index contributed by atoms with van der Waals surface area (Å²) in [7, 11) is -2.94. The molecule has 7 nitrogen and oxygen atoms in total. The van der Waals surface area contributed by atoms with Gasteiger partial charge in [-0.25, -0.2) is 8.42 Å². The van der Waals surface area contributed by atoms with E-state index in [4.69, 9.17) is 9.15 Å². The van der Waals surface area contributed by atoms with Crippen molar-refractivity contribution in [2.24, 2.45) is 5.92 Å². The number of rotatable bonds is 6. The predicted molar refractivity (Wildman–Crippen MR) is 92.1 cm³/mol. The summed E-state index contributed by atoms with van der Waals surface area (Å²) >= 11 is 1.49. The largest absolute Gasteiger partial charge is 0.416 e. The fourth-order valence-corrected chi connectivity index (χ4v) is 5.67. The number of hydrogen-bond donors (Lipinski definition) is 0. The summed E-state index contributed by atoms with van der Waals surface area (Å²) in [5.74, 6) is 2.05. The first-order valence-corrected chi connectivity index (χ1v) is 11.2.